The van der Waals surface area contributed by atoms with Gasteiger partial charge in [0, 0.05) is 38.7 Å². The Morgan fingerprint density at radius 1 is 1.13 bits per heavy atom. The average molecular weight is 565 g/mol. The van der Waals surface area contributed by atoms with Crippen LogP contribution in [0.3, 0.4) is 0 Å². The Morgan fingerprint density at radius 3 is 2.50 bits per heavy atom. The summed E-state index contributed by atoms with van der Waals surface area (Å²) in [5.41, 5.74) is 0.795. The van der Waals surface area contributed by atoms with Gasteiger partial charge in [-0.15, -0.1) is 0 Å². The van der Waals surface area contributed by atoms with Crippen molar-refractivity contribution in [2.24, 2.45) is 11.3 Å². The molecule has 1 aromatic heterocycles. The number of aromatic amines is 1. The van der Waals surface area contributed by atoms with Gasteiger partial charge in [0.05, 0.1) is 27.5 Å². The lowest BCUT2D eigenvalue weighted by Gasteiger charge is -2.45. The summed E-state index contributed by atoms with van der Waals surface area (Å²) in [6, 6.07) is 3.83. The highest BCUT2D eigenvalue weighted by Gasteiger charge is 2.48. The third-order valence-corrected chi connectivity index (χ3v) is 8.77. The highest BCUT2D eigenvalue weighted by Crippen LogP contribution is 2.46. The van der Waals surface area contributed by atoms with Gasteiger partial charge in [0.2, 0.25) is 5.91 Å². The number of hydrogen-bond acceptors (Lipinski definition) is 4. The third-order valence-electron chi connectivity index (χ3n) is 8.03. The van der Waals surface area contributed by atoms with Crippen molar-refractivity contribution >= 4 is 41.1 Å². The van der Waals surface area contributed by atoms with E-state index in [4.69, 9.17) is 23.2 Å². The molecule has 0 bridgehead atoms. The molecule has 4 rings (SSSR count). The maximum absolute atomic E-state index is 13.7. The second-order valence-corrected chi connectivity index (χ2v) is 11.2. The Morgan fingerprint density at radius 2 is 1.87 bits per heavy atom. The van der Waals surface area contributed by atoms with E-state index in [2.05, 4.69) is 20.6 Å². The van der Waals surface area contributed by atoms with Crippen LogP contribution in [-0.4, -0.2) is 63.6 Å². The number of benzene rings is 1. The summed E-state index contributed by atoms with van der Waals surface area (Å²) in [7, 11) is 0. The summed E-state index contributed by atoms with van der Waals surface area (Å²) < 4.78 is 0. The third kappa shape index (κ3) is 6.80. The van der Waals surface area contributed by atoms with E-state index < -0.39 is 23.5 Å². The summed E-state index contributed by atoms with van der Waals surface area (Å²) in [5, 5.41) is 16.6. The number of carboxylic acid groups (broad SMARTS) is 1. The van der Waals surface area contributed by atoms with Crippen molar-refractivity contribution in [2.45, 2.75) is 63.8 Å². The van der Waals surface area contributed by atoms with Gasteiger partial charge in [-0.05, 0) is 49.3 Å². The van der Waals surface area contributed by atoms with Crippen molar-refractivity contribution in [3.8, 4) is 0 Å². The molecular weight excluding hydrogens is 529 g/mol. The first-order valence-electron chi connectivity index (χ1n) is 13.3. The Balaban J connectivity index is 1.43. The molecule has 2 fully saturated rings. The van der Waals surface area contributed by atoms with Crippen LogP contribution in [0.1, 0.15) is 56.2 Å². The molecule has 2 aliphatic rings. The van der Waals surface area contributed by atoms with Crippen LogP contribution in [0.2, 0.25) is 10.0 Å². The van der Waals surface area contributed by atoms with E-state index in [-0.39, 0.29) is 18.2 Å². The molecule has 1 aliphatic heterocycles. The minimum absolute atomic E-state index is 0.149. The minimum atomic E-state index is -0.843. The number of carboxylic acids is 1. The fourth-order valence-corrected chi connectivity index (χ4v) is 6.16. The van der Waals surface area contributed by atoms with Gasteiger partial charge in [0.15, 0.2) is 0 Å². The number of nitrogens with one attached hydrogen (secondary N) is 3. The predicted octanol–water partition coefficient (Wildman–Crippen LogP) is 4.44. The summed E-state index contributed by atoms with van der Waals surface area (Å²) in [6.07, 6.45) is 10.1. The molecule has 1 saturated heterocycles. The smallest absolute Gasteiger partial charge is 0.315 e. The molecule has 1 aromatic carbocycles. The van der Waals surface area contributed by atoms with E-state index >= 15 is 0 Å². The van der Waals surface area contributed by atoms with Crippen molar-refractivity contribution in [3.63, 3.8) is 0 Å². The molecule has 38 heavy (non-hydrogen) atoms. The molecule has 0 unspecified atom stereocenters. The van der Waals surface area contributed by atoms with Crippen LogP contribution in [0.15, 0.2) is 30.7 Å². The zero-order valence-electron chi connectivity index (χ0n) is 21.3. The number of nitrogens with zero attached hydrogens (tertiary/aromatic N) is 2. The number of imidazole rings is 1. The first-order valence-corrected chi connectivity index (χ1v) is 14.0. The second kappa shape index (κ2) is 12.8. The van der Waals surface area contributed by atoms with Crippen molar-refractivity contribution < 1.29 is 19.5 Å². The number of H-pyrrole nitrogens is 1. The molecule has 3 amide bonds. The summed E-state index contributed by atoms with van der Waals surface area (Å²) in [5.74, 6) is -0.837. The summed E-state index contributed by atoms with van der Waals surface area (Å²) in [4.78, 5) is 47.5. The number of amides is 3. The SMILES string of the molecule is O=C(NCCc1c[nH]cn1)N[C@H](Cc1ccc(Cl)c(Cl)c1)C(=O)N1CCC(C(=O)O)(C2CCCCC2)CC1. The maximum atomic E-state index is 13.7. The average Bonchev–Trinajstić information content (AvgIpc) is 3.44. The van der Waals surface area contributed by atoms with E-state index in [1.54, 1.807) is 35.6 Å². The van der Waals surface area contributed by atoms with Gasteiger partial charge < -0.3 is 25.6 Å². The number of urea groups is 1. The van der Waals surface area contributed by atoms with E-state index in [1.807, 2.05) is 0 Å². The standard InChI is InChI=1S/C27H35Cl2N5O4/c28-21-7-6-18(14-22(21)29)15-23(33-26(38)31-11-8-20-16-30-17-32-20)24(35)34-12-9-27(10-13-34,25(36)37)19-4-2-1-3-5-19/h6-7,14,16-17,19,23H,1-5,8-13,15H2,(H,30,32)(H,36,37)(H2,31,33,38)/t23-/m1/s1. The summed E-state index contributed by atoms with van der Waals surface area (Å²) >= 11 is 12.3. The number of hydrogen-bond donors (Lipinski definition) is 4. The van der Waals surface area contributed by atoms with Gasteiger partial charge in [0.1, 0.15) is 6.04 Å². The zero-order valence-corrected chi connectivity index (χ0v) is 22.9. The molecule has 1 aliphatic carbocycles. The van der Waals surface area contributed by atoms with Gasteiger partial charge in [-0.2, -0.15) is 0 Å². The number of piperidine rings is 1. The minimum Gasteiger partial charge on any atom is -0.481 e. The number of rotatable bonds is 9. The van der Waals surface area contributed by atoms with Gasteiger partial charge in [0.25, 0.3) is 0 Å². The zero-order chi connectivity index (χ0) is 27.1. The van der Waals surface area contributed by atoms with Crippen LogP contribution in [0.25, 0.3) is 0 Å². The number of likely N-dealkylation sites (tertiary alicyclic amines) is 1. The Kier molecular flexibility index (Phi) is 9.54. The monoisotopic (exact) mass is 563 g/mol. The number of aliphatic carboxylic acids is 1. The predicted molar refractivity (Wildman–Crippen MR) is 145 cm³/mol. The normalized spacial score (nSPS) is 18.5. The molecule has 2 heterocycles. The van der Waals surface area contributed by atoms with Crippen molar-refractivity contribution in [1.82, 2.24) is 25.5 Å². The quantitative estimate of drug-likeness (QED) is 0.358. The first-order chi connectivity index (χ1) is 18.3. The topological polar surface area (TPSA) is 127 Å². The molecule has 2 aromatic rings. The van der Waals surface area contributed by atoms with Crippen molar-refractivity contribution in [2.75, 3.05) is 19.6 Å². The molecule has 0 spiro atoms. The number of carbonyl (C=O) groups excluding carboxylic acids is 2. The number of aromatic nitrogens is 2. The van der Waals surface area contributed by atoms with E-state index in [0.29, 0.717) is 48.9 Å². The van der Waals surface area contributed by atoms with Gasteiger partial charge in [-0.1, -0.05) is 48.5 Å². The maximum Gasteiger partial charge on any atom is 0.315 e. The molecule has 9 nitrogen and oxygen atoms in total. The molecule has 0 radical (unpaired) electrons. The number of halogens is 2. The lowest BCUT2D eigenvalue weighted by Crippen LogP contribution is -2.56. The van der Waals surface area contributed by atoms with Gasteiger partial charge in [-0.3, -0.25) is 9.59 Å². The fraction of sp³-hybridized carbons (Fsp3) is 0.556. The fourth-order valence-electron chi connectivity index (χ4n) is 5.84. The highest BCUT2D eigenvalue weighted by molar-refractivity contribution is 6.42. The molecule has 1 saturated carbocycles. The van der Waals surface area contributed by atoms with Crippen LogP contribution in [0, 0.1) is 11.3 Å². The Hall–Kier alpha value is -2.78. The second-order valence-electron chi connectivity index (χ2n) is 10.3. The molecule has 4 N–H and O–H groups in total. The molecule has 1 atom stereocenters. The highest BCUT2D eigenvalue weighted by atomic mass is 35.5. The summed E-state index contributed by atoms with van der Waals surface area (Å²) in [6.45, 7) is 1.06. The van der Waals surface area contributed by atoms with Crippen LogP contribution in [-0.2, 0) is 22.4 Å². The first kappa shape index (κ1) is 28.2. The van der Waals surface area contributed by atoms with Crippen LogP contribution in [0.5, 0.6) is 0 Å². The Bertz CT molecular complexity index is 1110. The van der Waals surface area contributed by atoms with E-state index in [9.17, 15) is 19.5 Å². The van der Waals surface area contributed by atoms with Crippen molar-refractivity contribution in [1.29, 1.82) is 0 Å². The lowest BCUT2D eigenvalue weighted by atomic mass is 9.64. The molecule has 11 heteroatoms. The molecular formula is C27H35Cl2N5O4. The lowest BCUT2D eigenvalue weighted by molar-refractivity contribution is -0.160. The van der Waals surface area contributed by atoms with E-state index in [1.165, 1.54) is 0 Å². The van der Waals surface area contributed by atoms with Crippen molar-refractivity contribution in [3.05, 3.63) is 52.0 Å². The Labute approximate surface area is 232 Å². The van der Waals surface area contributed by atoms with Crippen LogP contribution >= 0.6 is 23.2 Å². The van der Waals surface area contributed by atoms with Gasteiger partial charge in [-0.25, -0.2) is 9.78 Å². The van der Waals surface area contributed by atoms with E-state index in [0.717, 1.165) is 43.4 Å². The largest absolute Gasteiger partial charge is 0.481 e. The number of carbonyl (C=O) groups is 3. The van der Waals surface area contributed by atoms with Gasteiger partial charge >= 0.3 is 12.0 Å². The van der Waals surface area contributed by atoms with Crippen LogP contribution < -0.4 is 10.6 Å². The van der Waals surface area contributed by atoms with Crippen LogP contribution in [0.4, 0.5) is 4.79 Å². The molecule has 206 valence electrons.